The van der Waals surface area contributed by atoms with Gasteiger partial charge in [0.1, 0.15) is 0 Å². The highest BCUT2D eigenvalue weighted by molar-refractivity contribution is 6.16. The van der Waals surface area contributed by atoms with Crippen molar-refractivity contribution in [2.45, 2.75) is 19.1 Å². The zero-order valence-corrected chi connectivity index (χ0v) is 5.79. The fourth-order valence-corrected chi connectivity index (χ4v) is 1.15. The van der Waals surface area contributed by atoms with Crippen LogP contribution < -0.4 is 5.11 Å². The van der Waals surface area contributed by atoms with Crippen molar-refractivity contribution in [3.8, 4) is 0 Å². The van der Waals surface area contributed by atoms with E-state index in [0.717, 1.165) is 0 Å². The molecule has 1 aliphatic heterocycles. The van der Waals surface area contributed by atoms with E-state index in [2.05, 4.69) is 0 Å². The van der Waals surface area contributed by atoms with Crippen molar-refractivity contribution in [2.24, 2.45) is 0 Å². The lowest BCUT2D eigenvalue weighted by Gasteiger charge is -2.15. The maximum Gasteiger partial charge on any atom is 0.190 e. The van der Waals surface area contributed by atoms with Gasteiger partial charge in [-0.3, -0.25) is 9.59 Å². The van der Waals surface area contributed by atoms with Crippen molar-refractivity contribution < 1.29 is 19.4 Å². The van der Waals surface area contributed by atoms with Crippen LogP contribution in [0, 0.1) is 0 Å². The van der Waals surface area contributed by atoms with E-state index in [0.29, 0.717) is 0 Å². The lowest BCUT2D eigenvalue weighted by Crippen LogP contribution is -2.32. The molecule has 2 rings (SSSR count). The van der Waals surface area contributed by atoms with E-state index in [1.54, 1.807) is 0 Å². The lowest BCUT2D eigenvalue weighted by atomic mass is 9.97. The zero-order valence-electron chi connectivity index (χ0n) is 5.79. The molecule has 0 unspecified atom stereocenters. The van der Waals surface area contributed by atoms with Crippen molar-refractivity contribution in [3.63, 3.8) is 0 Å². The number of ketones is 2. The first kappa shape index (κ1) is 6.54. The standard InChI is InChI=1S/C7H6O4/c1-2-3(8)5(10)7-6(11-7)4(2)9/h6-8H,1H3/p-1/t6-,7+/m1/s1. The molecule has 0 aromatic carbocycles. The van der Waals surface area contributed by atoms with Crippen molar-refractivity contribution in [1.82, 2.24) is 0 Å². The summed E-state index contributed by atoms with van der Waals surface area (Å²) >= 11 is 0. The summed E-state index contributed by atoms with van der Waals surface area (Å²) in [4.78, 5) is 21.9. The van der Waals surface area contributed by atoms with Crippen molar-refractivity contribution in [3.05, 3.63) is 11.3 Å². The number of hydrogen-bond donors (Lipinski definition) is 0. The fourth-order valence-electron chi connectivity index (χ4n) is 1.15. The minimum Gasteiger partial charge on any atom is -0.870 e. The van der Waals surface area contributed by atoms with Crippen molar-refractivity contribution in [2.75, 3.05) is 0 Å². The van der Waals surface area contributed by atoms with Crippen molar-refractivity contribution in [1.29, 1.82) is 0 Å². The van der Waals surface area contributed by atoms with Crippen LogP contribution in [0.3, 0.4) is 0 Å². The molecule has 0 N–H and O–H groups in total. The molecule has 0 radical (unpaired) electrons. The normalized spacial score (nSPS) is 35.7. The molecule has 4 heteroatoms. The van der Waals surface area contributed by atoms with Gasteiger partial charge in [0, 0.05) is 0 Å². The zero-order chi connectivity index (χ0) is 8.17. The third kappa shape index (κ3) is 0.670. The van der Waals surface area contributed by atoms with E-state index in [1.807, 2.05) is 0 Å². The van der Waals surface area contributed by atoms with E-state index in [1.165, 1.54) is 6.92 Å². The SMILES string of the molecule is CC1=C([O-])C(=O)[C@@H]2O[C@@H]2C1=O. The minimum atomic E-state index is -0.751. The molecular formula is C7H5O4-. The molecule has 1 saturated heterocycles. The molecule has 0 amide bonds. The van der Waals surface area contributed by atoms with E-state index in [9.17, 15) is 14.7 Å². The Morgan fingerprint density at radius 3 is 2.45 bits per heavy atom. The summed E-state index contributed by atoms with van der Waals surface area (Å²) in [7, 11) is 0. The van der Waals surface area contributed by atoms with Gasteiger partial charge in [0.2, 0.25) is 0 Å². The predicted molar refractivity (Wildman–Crippen MR) is 31.4 cm³/mol. The van der Waals surface area contributed by atoms with Gasteiger partial charge in [-0.15, -0.1) is 0 Å². The van der Waals surface area contributed by atoms with Gasteiger partial charge >= 0.3 is 0 Å². The summed E-state index contributed by atoms with van der Waals surface area (Å²) in [6.45, 7) is 1.36. The molecule has 1 aliphatic carbocycles. The maximum absolute atomic E-state index is 11.0. The number of rotatable bonds is 0. The molecule has 0 saturated carbocycles. The van der Waals surface area contributed by atoms with Gasteiger partial charge in [-0.25, -0.2) is 0 Å². The Bertz CT molecular complexity index is 261. The summed E-state index contributed by atoms with van der Waals surface area (Å²) in [5.74, 6) is -1.60. The van der Waals surface area contributed by atoms with Crippen LogP contribution in [-0.4, -0.2) is 23.8 Å². The van der Waals surface area contributed by atoms with Crippen LogP contribution >= 0.6 is 0 Å². The van der Waals surface area contributed by atoms with Gasteiger partial charge in [-0.05, 0) is 12.5 Å². The maximum atomic E-state index is 11.0. The monoisotopic (exact) mass is 153 g/mol. The molecule has 1 heterocycles. The van der Waals surface area contributed by atoms with Gasteiger partial charge in [-0.2, -0.15) is 0 Å². The van der Waals surface area contributed by atoms with E-state index >= 15 is 0 Å². The molecule has 0 spiro atoms. The Hall–Kier alpha value is -1.16. The highest BCUT2D eigenvalue weighted by Crippen LogP contribution is 2.32. The molecule has 2 aliphatic rings. The quantitative estimate of drug-likeness (QED) is 0.399. The molecule has 0 bridgehead atoms. The Kier molecular flexibility index (Phi) is 1.02. The van der Waals surface area contributed by atoms with E-state index in [-0.39, 0.29) is 11.4 Å². The first-order valence-electron chi connectivity index (χ1n) is 3.24. The van der Waals surface area contributed by atoms with Gasteiger partial charge < -0.3 is 9.84 Å². The first-order chi connectivity index (χ1) is 5.13. The van der Waals surface area contributed by atoms with Crippen LogP contribution in [0.5, 0.6) is 0 Å². The third-order valence-electron chi connectivity index (χ3n) is 1.94. The van der Waals surface area contributed by atoms with Crippen molar-refractivity contribution >= 4 is 11.6 Å². The molecule has 11 heavy (non-hydrogen) atoms. The molecule has 4 nitrogen and oxygen atoms in total. The number of Topliss-reactive ketones (excluding diaryl/α,β-unsaturated/α-hetero) is 2. The summed E-state index contributed by atoms with van der Waals surface area (Å²) in [6.07, 6.45) is -1.39. The largest absolute Gasteiger partial charge is 0.870 e. The smallest absolute Gasteiger partial charge is 0.190 e. The number of ether oxygens (including phenoxy) is 1. The third-order valence-corrected chi connectivity index (χ3v) is 1.94. The van der Waals surface area contributed by atoms with E-state index < -0.39 is 23.8 Å². The van der Waals surface area contributed by atoms with Gasteiger partial charge in [0.15, 0.2) is 23.8 Å². The van der Waals surface area contributed by atoms with E-state index in [4.69, 9.17) is 4.74 Å². The number of carbonyl (C=O) groups excluding carboxylic acids is 2. The second-order valence-corrected chi connectivity index (χ2v) is 2.66. The Labute approximate surface area is 62.5 Å². The highest BCUT2D eigenvalue weighted by atomic mass is 16.6. The Morgan fingerprint density at radius 2 is 1.82 bits per heavy atom. The lowest BCUT2D eigenvalue weighted by molar-refractivity contribution is -0.300. The summed E-state index contributed by atoms with van der Waals surface area (Å²) in [5.41, 5.74) is 0.00810. The average Bonchev–Trinajstić information content (AvgIpc) is 2.76. The average molecular weight is 153 g/mol. The Balaban J connectivity index is 2.47. The fraction of sp³-hybridized carbons (Fsp3) is 0.429. The number of fused-ring (bicyclic) bond motifs is 1. The molecule has 2 atom stereocenters. The van der Waals surface area contributed by atoms with Crippen LogP contribution in [0.1, 0.15) is 6.92 Å². The molecule has 0 aromatic heterocycles. The summed E-state index contributed by atoms with van der Waals surface area (Å²) < 4.78 is 4.70. The topological polar surface area (TPSA) is 69.7 Å². The van der Waals surface area contributed by atoms with Gasteiger partial charge in [0.05, 0.1) is 0 Å². The Morgan fingerprint density at radius 1 is 1.27 bits per heavy atom. The molecule has 0 aromatic rings. The predicted octanol–water partition coefficient (Wildman–Crippen LogP) is -1.46. The highest BCUT2D eigenvalue weighted by Gasteiger charge is 2.53. The number of carbonyl (C=O) groups is 2. The van der Waals surface area contributed by atoms with Crippen LogP contribution in [0.2, 0.25) is 0 Å². The first-order valence-corrected chi connectivity index (χ1v) is 3.24. The van der Waals surface area contributed by atoms with Gasteiger partial charge in [0.25, 0.3) is 0 Å². The summed E-state index contributed by atoms with van der Waals surface area (Å²) in [5, 5.41) is 10.9. The second kappa shape index (κ2) is 1.71. The van der Waals surface area contributed by atoms with Gasteiger partial charge in [-0.1, -0.05) is 5.76 Å². The molecule has 1 fully saturated rings. The number of hydrogen-bond acceptors (Lipinski definition) is 4. The number of epoxide rings is 1. The van der Waals surface area contributed by atoms with Crippen LogP contribution in [0.25, 0.3) is 0 Å². The van der Waals surface area contributed by atoms with Crippen LogP contribution in [0.15, 0.2) is 11.3 Å². The summed E-state index contributed by atoms with van der Waals surface area (Å²) in [6, 6.07) is 0. The molecular weight excluding hydrogens is 148 g/mol. The second-order valence-electron chi connectivity index (χ2n) is 2.66. The van der Waals surface area contributed by atoms with Crippen LogP contribution in [-0.2, 0) is 14.3 Å². The van der Waals surface area contributed by atoms with Crippen LogP contribution in [0.4, 0.5) is 0 Å². The minimum absolute atomic E-state index is 0.00810. The molecule has 58 valence electrons.